The van der Waals surface area contributed by atoms with Crippen LogP contribution >= 0.6 is 11.6 Å². The third-order valence-electron chi connectivity index (χ3n) is 3.68. The summed E-state index contributed by atoms with van der Waals surface area (Å²) in [4.78, 5) is 2.35. The number of nitrogens with two attached hydrogens (primary N) is 1. The van der Waals surface area contributed by atoms with E-state index < -0.39 is 0 Å². The molecule has 1 aliphatic rings. The minimum Gasteiger partial charge on any atom is -0.328 e. The van der Waals surface area contributed by atoms with Gasteiger partial charge in [0.05, 0.1) is 5.02 Å². The maximum atomic E-state index is 13.4. The van der Waals surface area contributed by atoms with Gasteiger partial charge in [-0.2, -0.15) is 0 Å². The average Bonchev–Trinajstić information content (AvgIpc) is 2.34. The van der Waals surface area contributed by atoms with Gasteiger partial charge >= 0.3 is 0 Å². The average molecular weight is 271 g/mol. The molecule has 2 unspecified atom stereocenters. The van der Waals surface area contributed by atoms with Crippen LogP contribution in [0.2, 0.25) is 5.02 Å². The summed E-state index contributed by atoms with van der Waals surface area (Å²) in [7, 11) is 0. The van der Waals surface area contributed by atoms with Gasteiger partial charge in [0.15, 0.2) is 0 Å². The fourth-order valence-electron chi connectivity index (χ4n) is 2.56. The van der Waals surface area contributed by atoms with Crippen molar-refractivity contribution in [2.24, 2.45) is 11.7 Å². The SMILES string of the molecule is CC(N)C1CCCN(Cc2ccc(Cl)c(F)c2)C1. The number of rotatable bonds is 3. The highest BCUT2D eigenvalue weighted by molar-refractivity contribution is 6.30. The van der Waals surface area contributed by atoms with Crippen LogP contribution in [0.15, 0.2) is 18.2 Å². The summed E-state index contributed by atoms with van der Waals surface area (Å²) < 4.78 is 13.4. The van der Waals surface area contributed by atoms with Crippen LogP contribution in [-0.4, -0.2) is 24.0 Å². The Bertz CT molecular complexity index is 409. The van der Waals surface area contributed by atoms with Crippen molar-refractivity contribution in [1.29, 1.82) is 0 Å². The van der Waals surface area contributed by atoms with Crippen molar-refractivity contribution in [2.75, 3.05) is 13.1 Å². The molecule has 0 bridgehead atoms. The molecule has 0 aromatic heterocycles. The third-order valence-corrected chi connectivity index (χ3v) is 3.98. The molecule has 4 heteroatoms. The standard InChI is InChI=1S/C14H20ClFN2/c1-10(17)12-3-2-6-18(9-12)8-11-4-5-13(15)14(16)7-11/h4-5,7,10,12H,2-3,6,8-9,17H2,1H3. The Morgan fingerprint density at radius 1 is 1.56 bits per heavy atom. The van der Waals surface area contributed by atoms with Gasteiger partial charge in [-0.3, -0.25) is 4.90 Å². The zero-order chi connectivity index (χ0) is 13.1. The second-order valence-electron chi connectivity index (χ2n) is 5.25. The highest BCUT2D eigenvalue weighted by Gasteiger charge is 2.22. The van der Waals surface area contributed by atoms with Crippen LogP contribution in [0.1, 0.15) is 25.3 Å². The molecule has 100 valence electrons. The Balaban J connectivity index is 1.98. The van der Waals surface area contributed by atoms with E-state index in [9.17, 15) is 4.39 Å². The van der Waals surface area contributed by atoms with Crippen LogP contribution in [0.25, 0.3) is 0 Å². The lowest BCUT2D eigenvalue weighted by molar-refractivity contribution is 0.154. The molecule has 2 rings (SSSR count). The van der Waals surface area contributed by atoms with Crippen molar-refractivity contribution in [3.05, 3.63) is 34.6 Å². The number of piperidine rings is 1. The van der Waals surface area contributed by atoms with E-state index in [1.165, 1.54) is 18.9 Å². The van der Waals surface area contributed by atoms with E-state index in [1.54, 1.807) is 6.07 Å². The van der Waals surface area contributed by atoms with E-state index in [2.05, 4.69) is 11.8 Å². The van der Waals surface area contributed by atoms with Gasteiger partial charge in [-0.25, -0.2) is 4.39 Å². The minimum absolute atomic E-state index is 0.186. The van der Waals surface area contributed by atoms with Crippen molar-refractivity contribution in [3.63, 3.8) is 0 Å². The van der Waals surface area contributed by atoms with E-state index in [0.717, 1.165) is 25.2 Å². The fourth-order valence-corrected chi connectivity index (χ4v) is 2.68. The fraction of sp³-hybridized carbons (Fsp3) is 0.571. The predicted octanol–water partition coefficient (Wildman–Crippen LogP) is 3.04. The van der Waals surface area contributed by atoms with Crippen LogP contribution < -0.4 is 5.73 Å². The van der Waals surface area contributed by atoms with Gasteiger partial charge in [-0.05, 0) is 49.9 Å². The Labute approximate surface area is 113 Å². The summed E-state index contributed by atoms with van der Waals surface area (Å²) >= 11 is 5.68. The predicted molar refractivity (Wildman–Crippen MR) is 73.1 cm³/mol. The van der Waals surface area contributed by atoms with Gasteiger partial charge in [-0.15, -0.1) is 0 Å². The Morgan fingerprint density at radius 3 is 3.00 bits per heavy atom. The second kappa shape index (κ2) is 6.00. The molecule has 2 atom stereocenters. The number of nitrogens with zero attached hydrogens (tertiary/aromatic N) is 1. The Morgan fingerprint density at radius 2 is 2.33 bits per heavy atom. The maximum Gasteiger partial charge on any atom is 0.142 e. The molecular formula is C14H20ClFN2. The summed E-state index contributed by atoms with van der Waals surface area (Å²) in [5.41, 5.74) is 6.94. The molecule has 1 aromatic carbocycles. The van der Waals surface area contributed by atoms with Crippen LogP contribution in [0.3, 0.4) is 0 Å². The van der Waals surface area contributed by atoms with Crippen molar-refractivity contribution in [1.82, 2.24) is 4.90 Å². The third kappa shape index (κ3) is 3.44. The van der Waals surface area contributed by atoms with E-state index in [0.29, 0.717) is 5.92 Å². The highest BCUT2D eigenvalue weighted by atomic mass is 35.5. The first-order chi connectivity index (χ1) is 8.56. The maximum absolute atomic E-state index is 13.4. The number of likely N-dealkylation sites (tertiary alicyclic amines) is 1. The van der Waals surface area contributed by atoms with E-state index >= 15 is 0 Å². The minimum atomic E-state index is -0.338. The Kier molecular flexibility index (Phi) is 4.60. The first-order valence-corrected chi connectivity index (χ1v) is 6.86. The molecule has 18 heavy (non-hydrogen) atoms. The molecule has 2 nitrogen and oxygen atoms in total. The van der Waals surface area contributed by atoms with Gasteiger partial charge in [0.25, 0.3) is 0 Å². The van der Waals surface area contributed by atoms with Gasteiger partial charge in [0.2, 0.25) is 0 Å². The first-order valence-electron chi connectivity index (χ1n) is 6.48. The summed E-state index contributed by atoms with van der Waals surface area (Å²) in [5, 5.41) is 0.186. The molecular weight excluding hydrogens is 251 g/mol. The molecule has 0 saturated carbocycles. The number of halogens is 2. The summed E-state index contributed by atoms with van der Waals surface area (Å²) in [6, 6.07) is 5.27. The molecule has 1 saturated heterocycles. The lowest BCUT2D eigenvalue weighted by Crippen LogP contribution is -2.41. The van der Waals surface area contributed by atoms with Crippen molar-refractivity contribution < 1.29 is 4.39 Å². The first kappa shape index (κ1) is 13.8. The van der Waals surface area contributed by atoms with Crippen molar-refractivity contribution >= 4 is 11.6 Å². The normalized spacial score (nSPS) is 23.0. The highest BCUT2D eigenvalue weighted by Crippen LogP contribution is 2.22. The summed E-state index contributed by atoms with van der Waals surface area (Å²) in [6.07, 6.45) is 2.37. The molecule has 1 aromatic rings. The van der Waals surface area contributed by atoms with Gasteiger partial charge in [0.1, 0.15) is 5.82 Å². The van der Waals surface area contributed by atoms with E-state index in [4.69, 9.17) is 17.3 Å². The smallest absolute Gasteiger partial charge is 0.142 e. The lowest BCUT2D eigenvalue weighted by atomic mass is 9.92. The van der Waals surface area contributed by atoms with E-state index in [-0.39, 0.29) is 16.9 Å². The van der Waals surface area contributed by atoms with Crippen molar-refractivity contribution in [3.8, 4) is 0 Å². The van der Waals surface area contributed by atoms with Crippen LogP contribution in [-0.2, 0) is 6.54 Å². The number of hydrogen-bond donors (Lipinski definition) is 1. The van der Waals surface area contributed by atoms with E-state index in [1.807, 2.05) is 6.07 Å². The summed E-state index contributed by atoms with van der Waals surface area (Å²) in [6.45, 7) is 4.91. The van der Waals surface area contributed by atoms with Gasteiger partial charge in [0, 0.05) is 19.1 Å². The molecule has 0 radical (unpaired) electrons. The zero-order valence-electron chi connectivity index (χ0n) is 10.7. The zero-order valence-corrected chi connectivity index (χ0v) is 11.5. The molecule has 1 aliphatic heterocycles. The monoisotopic (exact) mass is 270 g/mol. The van der Waals surface area contributed by atoms with Gasteiger partial charge in [-0.1, -0.05) is 17.7 Å². The van der Waals surface area contributed by atoms with Crippen molar-refractivity contribution in [2.45, 2.75) is 32.4 Å². The van der Waals surface area contributed by atoms with Crippen LogP contribution in [0, 0.1) is 11.7 Å². The largest absolute Gasteiger partial charge is 0.328 e. The lowest BCUT2D eigenvalue weighted by Gasteiger charge is -2.34. The molecule has 0 spiro atoms. The molecule has 0 amide bonds. The molecule has 1 fully saturated rings. The molecule has 1 heterocycles. The van der Waals surface area contributed by atoms with Gasteiger partial charge < -0.3 is 5.73 Å². The Hall–Kier alpha value is -0.640. The topological polar surface area (TPSA) is 29.3 Å². The van der Waals surface area contributed by atoms with Crippen LogP contribution in [0.4, 0.5) is 4.39 Å². The second-order valence-corrected chi connectivity index (χ2v) is 5.65. The van der Waals surface area contributed by atoms with Crippen LogP contribution in [0.5, 0.6) is 0 Å². The number of benzene rings is 1. The molecule has 0 aliphatic carbocycles. The summed E-state index contributed by atoms with van der Waals surface area (Å²) in [5.74, 6) is 0.214. The quantitative estimate of drug-likeness (QED) is 0.915. The molecule has 2 N–H and O–H groups in total. The number of hydrogen-bond acceptors (Lipinski definition) is 2.